The van der Waals surface area contributed by atoms with Crippen LogP contribution in [0, 0.1) is 6.92 Å². The van der Waals surface area contributed by atoms with Crippen molar-refractivity contribution in [3.8, 4) is 16.9 Å². The minimum absolute atomic E-state index is 0.269. The maximum absolute atomic E-state index is 9.51. The Morgan fingerprint density at radius 3 is 2.67 bits per heavy atom. The minimum atomic E-state index is 0.269. The van der Waals surface area contributed by atoms with E-state index in [2.05, 4.69) is 36.2 Å². The van der Waals surface area contributed by atoms with Crippen molar-refractivity contribution in [3.05, 3.63) is 60.3 Å². The van der Waals surface area contributed by atoms with E-state index in [1.165, 1.54) is 5.56 Å². The Bertz CT molecular complexity index is 719. The van der Waals surface area contributed by atoms with Crippen LogP contribution in [0.1, 0.15) is 5.56 Å². The largest absolute Gasteiger partial charge is 0.508 e. The van der Waals surface area contributed by atoms with Crippen LogP contribution in [-0.4, -0.2) is 10.1 Å². The second-order valence-corrected chi connectivity index (χ2v) is 4.47. The molecule has 2 heteroatoms. The van der Waals surface area contributed by atoms with Crippen LogP contribution in [0.3, 0.4) is 0 Å². The molecule has 0 aliphatic carbocycles. The van der Waals surface area contributed by atoms with E-state index in [0.717, 1.165) is 22.0 Å². The van der Waals surface area contributed by atoms with Gasteiger partial charge in [-0.05, 0) is 36.8 Å². The first-order valence-electron chi connectivity index (χ1n) is 5.88. The molecule has 3 rings (SSSR count). The fraction of sp³-hybridized carbons (Fsp3) is 0.0625. The molecule has 0 amide bonds. The molecule has 0 fully saturated rings. The molecule has 0 saturated heterocycles. The van der Waals surface area contributed by atoms with Crippen molar-refractivity contribution in [2.45, 2.75) is 6.92 Å². The lowest BCUT2D eigenvalue weighted by atomic mass is 10.0. The zero-order valence-electron chi connectivity index (χ0n) is 10.1. The first kappa shape index (κ1) is 10.8. The molecule has 0 radical (unpaired) electrons. The van der Waals surface area contributed by atoms with Crippen molar-refractivity contribution in [2.24, 2.45) is 0 Å². The molecule has 0 aliphatic heterocycles. The van der Waals surface area contributed by atoms with Gasteiger partial charge in [0.25, 0.3) is 0 Å². The summed E-state index contributed by atoms with van der Waals surface area (Å²) in [6.07, 6.45) is 1.87. The van der Waals surface area contributed by atoms with E-state index in [1.54, 1.807) is 12.1 Å². The number of hydrogen-bond acceptors (Lipinski definition) is 2. The third-order valence-corrected chi connectivity index (χ3v) is 3.02. The molecule has 0 atom stereocenters. The summed E-state index contributed by atoms with van der Waals surface area (Å²) in [6, 6.07) is 15.6. The van der Waals surface area contributed by atoms with Crippen LogP contribution in [0.25, 0.3) is 22.0 Å². The summed E-state index contributed by atoms with van der Waals surface area (Å²) in [7, 11) is 0. The van der Waals surface area contributed by atoms with E-state index in [4.69, 9.17) is 0 Å². The van der Waals surface area contributed by atoms with Gasteiger partial charge >= 0.3 is 0 Å². The molecule has 0 aliphatic rings. The summed E-state index contributed by atoms with van der Waals surface area (Å²) in [5.74, 6) is 0.269. The molecule has 0 spiro atoms. The van der Waals surface area contributed by atoms with Gasteiger partial charge in [0.2, 0.25) is 0 Å². The Hall–Kier alpha value is -2.35. The summed E-state index contributed by atoms with van der Waals surface area (Å²) in [4.78, 5) is 4.42. The molecule has 2 aromatic carbocycles. The predicted molar refractivity (Wildman–Crippen MR) is 73.6 cm³/mol. The molecule has 1 N–H and O–H groups in total. The van der Waals surface area contributed by atoms with Crippen LogP contribution in [0.5, 0.6) is 5.75 Å². The van der Waals surface area contributed by atoms with Gasteiger partial charge in [-0.1, -0.05) is 29.8 Å². The molecule has 0 unspecified atom stereocenters. The topological polar surface area (TPSA) is 33.1 Å². The standard InChI is InChI=1S/C16H13NO/c1-11-3-2-4-12(7-11)14-8-13-9-15(18)5-6-16(13)17-10-14/h2-10,18H,1H3. The Kier molecular flexibility index (Phi) is 2.49. The van der Waals surface area contributed by atoms with Crippen LogP contribution in [0.4, 0.5) is 0 Å². The van der Waals surface area contributed by atoms with Gasteiger partial charge < -0.3 is 5.11 Å². The minimum Gasteiger partial charge on any atom is -0.508 e. The number of nitrogens with zero attached hydrogens (tertiary/aromatic N) is 1. The number of phenolic OH excluding ortho intramolecular Hbond substituents is 1. The second-order valence-electron chi connectivity index (χ2n) is 4.47. The summed E-state index contributed by atoms with van der Waals surface area (Å²) >= 11 is 0. The van der Waals surface area contributed by atoms with Crippen LogP contribution in [0.2, 0.25) is 0 Å². The molecule has 2 nitrogen and oxygen atoms in total. The number of pyridine rings is 1. The lowest BCUT2D eigenvalue weighted by Crippen LogP contribution is -1.83. The number of aryl methyl sites for hydroxylation is 1. The Morgan fingerprint density at radius 2 is 1.83 bits per heavy atom. The molecule has 18 heavy (non-hydrogen) atoms. The first-order chi connectivity index (χ1) is 8.72. The Labute approximate surface area is 106 Å². The summed E-state index contributed by atoms with van der Waals surface area (Å²) in [6.45, 7) is 2.07. The van der Waals surface area contributed by atoms with Crippen molar-refractivity contribution in [3.63, 3.8) is 0 Å². The SMILES string of the molecule is Cc1cccc(-c2cnc3ccc(O)cc3c2)c1. The highest BCUT2D eigenvalue weighted by atomic mass is 16.3. The lowest BCUT2D eigenvalue weighted by Gasteiger charge is -2.05. The fourth-order valence-electron chi connectivity index (χ4n) is 2.10. The van der Waals surface area contributed by atoms with Gasteiger partial charge in [0.1, 0.15) is 5.75 Å². The van der Waals surface area contributed by atoms with Crippen LogP contribution in [0.15, 0.2) is 54.7 Å². The summed E-state index contributed by atoms with van der Waals surface area (Å²) in [5.41, 5.74) is 4.33. The maximum Gasteiger partial charge on any atom is 0.116 e. The van der Waals surface area contributed by atoms with Gasteiger partial charge in [0, 0.05) is 17.1 Å². The molecular formula is C16H13NO. The smallest absolute Gasteiger partial charge is 0.116 e. The number of aromatic nitrogens is 1. The molecule has 0 bridgehead atoms. The quantitative estimate of drug-likeness (QED) is 0.693. The van der Waals surface area contributed by atoms with Gasteiger partial charge in [0.15, 0.2) is 0 Å². The Balaban J connectivity index is 2.18. The van der Waals surface area contributed by atoms with Crippen LogP contribution in [-0.2, 0) is 0 Å². The highest BCUT2D eigenvalue weighted by molar-refractivity contribution is 5.84. The fourth-order valence-corrected chi connectivity index (χ4v) is 2.10. The Morgan fingerprint density at radius 1 is 0.944 bits per heavy atom. The normalized spacial score (nSPS) is 10.7. The molecule has 3 aromatic rings. The van der Waals surface area contributed by atoms with Gasteiger partial charge in [-0.15, -0.1) is 0 Å². The number of aromatic hydroxyl groups is 1. The number of fused-ring (bicyclic) bond motifs is 1. The lowest BCUT2D eigenvalue weighted by molar-refractivity contribution is 0.476. The van der Waals surface area contributed by atoms with E-state index >= 15 is 0 Å². The number of phenols is 1. The van der Waals surface area contributed by atoms with E-state index in [9.17, 15) is 5.11 Å². The van der Waals surface area contributed by atoms with Crippen molar-refractivity contribution in [1.82, 2.24) is 4.98 Å². The molecule has 88 valence electrons. The average molecular weight is 235 g/mol. The highest BCUT2D eigenvalue weighted by Crippen LogP contribution is 2.25. The molecule has 0 saturated carbocycles. The molecule has 1 aromatic heterocycles. The van der Waals surface area contributed by atoms with Crippen molar-refractivity contribution < 1.29 is 5.11 Å². The van der Waals surface area contributed by atoms with Gasteiger partial charge in [-0.25, -0.2) is 0 Å². The maximum atomic E-state index is 9.51. The predicted octanol–water partition coefficient (Wildman–Crippen LogP) is 3.92. The second kappa shape index (κ2) is 4.15. The zero-order valence-corrected chi connectivity index (χ0v) is 10.1. The number of hydrogen-bond donors (Lipinski definition) is 1. The highest BCUT2D eigenvalue weighted by Gasteiger charge is 2.02. The average Bonchev–Trinajstić information content (AvgIpc) is 2.38. The van der Waals surface area contributed by atoms with Crippen molar-refractivity contribution in [2.75, 3.05) is 0 Å². The first-order valence-corrected chi connectivity index (χ1v) is 5.88. The zero-order chi connectivity index (χ0) is 12.5. The molecule has 1 heterocycles. The number of rotatable bonds is 1. The van der Waals surface area contributed by atoms with Gasteiger partial charge in [0.05, 0.1) is 5.52 Å². The van der Waals surface area contributed by atoms with E-state index in [-0.39, 0.29) is 5.75 Å². The summed E-state index contributed by atoms with van der Waals surface area (Å²) in [5, 5.41) is 10.5. The monoisotopic (exact) mass is 235 g/mol. The molecular weight excluding hydrogens is 222 g/mol. The van der Waals surface area contributed by atoms with Crippen molar-refractivity contribution >= 4 is 10.9 Å². The number of benzene rings is 2. The third-order valence-electron chi connectivity index (χ3n) is 3.02. The summed E-state index contributed by atoms with van der Waals surface area (Å²) < 4.78 is 0. The van der Waals surface area contributed by atoms with E-state index < -0.39 is 0 Å². The van der Waals surface area contributed by atoms with Crippen molar-refractivity contribution in [1.29, 1.82) is 0 Å². The van der Waals surface area contributed by atoms with Gasteiger partial charge in [-0.2, -0.15) is 0 Å². The van der Waals surface area contributed by atoms with Crippen LogP contribution >= 0.6 is 0 Å². The van der Waals surface area contributed by atoms with E-state index in [0.29, 0.717) is 0 Å². The van der Waals surface area contributed by atoms with E-state index in [1.807, 2.05) is 18.3 Å². The third kappa shape index (κ3) is 1.93. The van der Waals surface area contributed by atoms with Gasteiger partial charge in [-0.3, -0.25) is 4.98 Å². The van der Waals surface area contributed by atoms with Crippen LogP contribution < -0.4 is 0 Å².